The molecule has 0 aromatic heterocycles. The summed E-state index contributed by atoms with van der Waals surface area (Å²) < 4.78 is 5.46. The van der Waals surface area contributed by atoms with Crippen molar-refractivity contribution in [1.82, 2.24) is 20.4 Å². The lowest BCUT2D eigenvalue weighted by Gasteiger charge is -2.35. The molecule has 1 aliphatic rings. The van der Waals surface area contributed by atoms with E-state index in [0.717, 1.165) is 24.3 Å². The average molecular weight is 392 g/mol. The lowest BCUT2D eigenvalue weighted by Crippen LogP contribution is -2.47. The van der Waals surface area contributed by atoms with Crippen molar-refractivity contribution in [3.63, 3.8) is 0 Å². The van der Waals surface area contributed by atoms with Gasteiger partial charge < -0.3 is 25.2 Å². The lowest BCUT2D eigenvalue weighted by atomic mass is 10.0. The smallest absolute Gasteiger partial charge is 0.309 e. The van der Waals surface area contributed by atoms with Crippen LogP contribution in [0.2, 0.25) is 0 Å². The van der Waals surface area contributed by atoms with Crippen molar-refractivity contribution in [3.8, 4) is 0 Å². The SMILES string of the molecule is CN(C)CCNC(=O)C(=O)NC[C@H](c1ccc(N(C)C)cc1)N1CCOCC1. The number of nitrogens with zero attached hydrogens (tertiary/aromatic N) is 3. The van der Waals surface area contributed by atoms with Gasteiger partial charge in [-0.2, -0.15) is 0 Å². The fourth-order valence-electron chi connectivity index (χ4n) is 3.08. The third-order valence-electron chi connectivity index (χ3n) is 4.79. The molecule has 8 nitrogen and oxygen atoms in total. The Bertz CT molecular complexity index is 627. The second-order valence-electron chi connectivity index (χ2n) is 7.42. The molecule has 156 valence electrons. The lowest BCUT2D eigenvalue weighted by molar-refractivity contribution is -0.139. The topological polar surface area (TPSA) is 77.2 Å². The Morgan fingerprint density at radius 2 is 1.64 bits per heavy atom. The van der Waals surface area contributed by atoms with Crippen LogP contribution in [0.25, 0.3) is 0 Å². The highest BCUT2D eigenvalue weighted by atomic mass is 16.5. The third-order valence-corrected chi connectivity index (χ3v) is 4.79. The van der Waals surface area contributed by atoms with Crippen molar-refractivity contribution in [3.05, 3.63) is 29.8 Å². The van der Waals surface area contributed by atoms with E-state index < -0.39 is 11.8 Å². The van der Waals surface area contributed by atoms with Gasteiger partial charge in [0.15, 0.2) is 0 Å². The predicted octanol–water partition coefficient (Wildman–Crippen LogP) is -0.0801. The number of carbonyl (C=O) groups excluding carboxylic acids is 2. The van der Waals surface area contributed by atoms with E-state index in [1.54, 1.807) is 0 Å². The normalized spacial score (nSPS) is 15.9. The van der Waals surface area contributed by atoms with Crippen molar-refractivity contribution in [2.24, 2.45) is 0 Å². The second-order valence-corrected chi connectivity index (χ2v) is 7.42. The molecule has 1 saturated heterocycles. The summed E-state index contributed by atoms with van der Waals surface area (Å²) in [6, 6.07) is 8.30. The minimum atomic E-state index is -0.595. The first-order valence-electron chi connectivity index (χ1n) is 9.68. The van der Waals surface area contributed by atoms with Crippen LogP contribution in [0.4, 0.5) is 5.69 Å². The summed E-state index contributed by atoms with van der Waals surface area (Å²) in [4.78, 5) is 30.5. The molecule has 0 bridgehead atoms. The number of ether oxygens (including phenoxy) is 1. The molecular formula is C20H33N5O3. The molecule has 0 spiro atoms. The fourth-order valence-corrected chi connectivity index (χ4v) is 3.08. The number of nitrogens with one attached hydrogen (secondary N) is 2. The van der Waals surface area contributed by atoms with Gasteiger partial charge in [-0.15, -0.1) is 0 Å². The Labute approximate surface area is 167 Å². The van der Waals surface area contributed by atoms with Crippen LogP contribution in [0.3, 0.4) is 0 Å². The van der Waals surface area contributed by atoms with Crippen molar-refractivity contribution >= 4 is 17.5 Å². The summed E-state index contributed by atoms with van der Waals surface area (Å²) in [7, 11) is 7.84. The molecule has 1 aliphatic heterocycles. The number of hydrogen-bond acceptors (Lipinski definition) is 6. The Morgan fingerprint density at radius 3 is 2.21 bits per heavy atom. The van der Waals surface area contributed by atoms with Crippen molar-refractivity contribution in [2.75, 3.05) is 79.0 Å². The van der Waals surface area contributed by atoms with E-state index in [-0.39, 0.29) is 6.04 Å². The number of morpholine rings is 1. The van der Waals surface area contributed by atoms with Gasteiger partial charge in [-0.05, 0) is 31.8 Å². The molecular weight excluding hydrogens is 358 g/mol. The number of benzene rings is 1. The van der Waals surface area contributed by atoms with Crippen LogP contribution in [0, 0.1) is 0 Å². The zero-order valence-electron chi connectivity index (χ0n) is 17.4. The largest absolute Gasteiger partial charge is 0.379 e. The molecule has 1 atom stereocenters. The minimum Gasteiger partial charge on any atom is -0.379 e. The molecule has 1 aromatic rings. The maximum Gasteiger partial charge on any atom is 0.309 e. The zero-order valence-corrected chi connectivity index (χ0v) is 17.4. The molecule has 2 rings (SSSR count). The van der Waals surface area contributed by atoms with E-state index in [1.165, 1.54) is 0 Å². The highest BCUT2D eigenvalue weighted by Crippen LogP contribution is 2.23. The van der Waals surface area contributed by atoms with E-state index in [1.807, 2.05) is 38.0 Å². The molecule has 2 amide bonds. The van der Waals surface area contributed by atoms with Crippen molar-refractivity contribution < 1.29 is 14.3 Å². The van der Waals surface area contributed by atoms with Crippen molar-refractivity contribution in [1.29, 1.82) is 0 Å². The minimum absolute atomic E-state index is 0.00126. The summed E-state index contributed by atoms with van der Waals surface area (Å²) in [5.41, 5.74) is 2.23. The maximum atomic E-state index is 12.2. The van der Waals surface area contributed by atoms with Crippen LogP contribution in [-0.4, -0.2) is 95.7 Å². The van der Waals surface area contributed by atoms with Gasteiger partial charge in [-0.3, -0.25) is 14.5 Å². The summed E-state index contributed by atoms with van der Waals surface area (Å²) >= 11 is 0. The van der Waals surface area contributed by atoms with Crippen LogP contribution < -0.4 is 15.5 Å². The second kappa shape index (κ2) is 11.0. The van der Waals surface area contributed by atoms with Gasteiger partial charge in [0.25, 0.3) is 0 Å². The van der Waals surface area contributed by atoms with E-state index >= 15 is 0 Å². The van der Waals surface area contributed by atoms with E-state index in [2.05, 4.69) is 39.8 Å². The molecule has 8 heteroatoms. The Kier molecular flexibility index (Phi) is 8.69. The number of anilines is 1. The third kappa shape index (κ3) is 6.78. The van der Waals surface area contributed by atoms with Gasteiger partial charge in [-0.1, -0.05) is 12.1 Å². The highest BCUT2D eigenvalue weighted by Gasteiger charge is 2.24. The van der Waals surface area contributed by atoms with Gasteiger partial charge in [0.1, 0.15) is 0 Å². The number of carbonyl (C=O) groups is 2. The van der Waals surface area contributed by atoms with E-state index in [0.29, 0.717) is 32.8 Å². The number of amides is 2. The quantitative estimate of drug-likeness (QED) is 0.604. The summed E-state index contributed by atoms with van der Waals surface area (Å²) in [5.74, 6) is -1.19. The Morgan fingerprint density at radius 1 is 1.04 bits per heavy atom. The van der Waals surface area contributed by atoms with Gasteiger partial charge in [-0.25, -0.2) is 0 Å². The average Bonchev–Trinajstić information content (AvgIpc) is 2.68. The van der Waals surface area contributed by atoms with E-state index in [4.69, 9.17) is 4.74 Å². The first kappa shape index (κ1) is 22.1. The van der Waals surface area contributed by atoms with Crippen LogP contribution in [0.1, 0.15) is 11.6 Å². The summed E-state index contributed by atoms with van der Waals surface area (Å²) in [5, 5.41) is 5.44. The van der Waals surface area contributed by atoms with Crippen LogP contribution >= 0.6 is 0 Å². The van der Waals surface area contributed by atoms with E-state index in [9.17, 15) is 9.59 Å². The maximum absolute atomic E-state index is 12.2. The molecule has 0 aliphatic carbocycles. The molecule has 0 unspecified atom stereocenters. The Hall–Kier alpha value is -2.16. The van der Waals surface area contributed by atoms with Gasteiger partial charge in [0.2, 0.25) is 0 Å². The summed E-state index contributed by atoms with van der Waals surface area (Å²) in [6.07, 6.45) is 0. The fraction of sp³-hybridized carbons (Fsp3) is 0.600. The predicted molar refractivity (Wildman–Crippen MR) is 110 cm³/mol. The number of likely N-dealkylation sites (N-methyl/N-ethyl adjacent to an activating group) is 1. The molecule has 28 heavy (non-hydrogen) atoms. The van der Waals surface area contributed by atoms with Crippen LogP contribution in [-0.2, 0) is 14.3 Å². The summed E-state index contributed by atoms with van der Waals surface area (Å²) in [6.45, 7) is 4.44. The molecule has 2 N–H and O–H groups in total. The highest BCUT2D eigenvalue weighted by molar-refractivity contribution is 6.35. The molecule has 0 saturated carbocycles. The van der Waals surface area contributed by atoms with Gasteiger partial charge >= 0.3 is 11.8 Å². The number of rotatable bonds is 8. The molecule has 1 heterocycles. The Balaban J connectivity index is 1.99. The monoisotopic (exact) mass is 391 g/mol. The van der Waals surface area contributed by atoms with Crippen LogP contribution in [0.5, 0.6) is 0 Å². The van der Waals surface area contributed by atoms with Gasteiger partial charge in [0, 0.05) is 52.5 Å². The molecule has 0 radical (unpaired) electrons. The number of hydrogen-bond donors (Lipinski definition) is 2. The van der Waals surface area contributed by atoms with Crippen LogP contribution in [0.15, 0.2) is 24.3 Å². The first-order valence-corrected chi connectivity index (χ1v) is 9.68. The van der Waals surface area contributed by atoms with Crippen molar-refractivity contribution in [2.45, 2.75) is 6.04 Å². The molecule has 1 fully saturated rings. The first-order chi connectivity index (χ1) is 13.4. The zero-order chi connectivity index (χ0) is 20.5. The standard InChI is InChI=1S/C20H33N5O3/c1-23(2)10-9-21-19(26)20(27)22-15-18(25-11-13-28-14-12-25)16-5-7-17(8-6-16)24(3)4/h5-8,18H,9-15H2,1-4H3,(H,21,26)(H,22,27)/t18-/m1/s1. The van der Waals surface area contributed by atoms with Gasteiger partial charge in [0.05, 0.1) is 19.3 Å². The molecule has 1 aromatic carbocycles.